The molecule has 0 bridgehead atoms. The molecular formula is C23H28BF3O2. The molecule has 2 nitrogen and oxygen atoms in total. The van der Waals surface area contributed by atoms with Crippen LogP contribution in [0.15, 0.2) is 29.8 Å². The molecular weight excluding hydrogens is 376 g/mol. The van der Waals surface area contributed by atoms with Crippen LogP contribution in [0.1, 0.15) is 62.5 Å². The van der Waals surface area contributed by atoms with Gasteiger partial charge >= 0.3 is 6.18 Å². The molecule has 1 fully saturated rings. The van der Waals surface area contributed by atoms with Crippen molar-refractivity contribution in [2.24, 2.45) is 23.2 Å². The van der Waals surface area contributed by atoms with Crippen LogP contribution in [0.2, 0.25) is 0 Å². The zero-order valence-electron chi connectivity index (χ0n) is 17.1. The van der Waals surface area contributed by atoms with Gasteiger partial charge in [-0.05, 0) is 91.9 Å². The Bertz CT molecular complexity index is 847. The van der Waals surface area contributed by atoms with Crippen molar-refractivity contribution in [3.05, 3.63) is 41.0 Å². The van der Waals surface area contributed by atoms with Gasteiger partial charge in [0.05, 0.1) is 5.68 Å². The molecule has 0 spiro atoms. The van der Waals surface area contributed by atoms with Crippen LogP contribution in [0.25, 0.3) is 0 Å². The Labute approximate surface area is 171 Å². The molecule has 3 aliphatic rings. The number of phenols is 1. The van der Waals surface area contributed by atoms with Crippen molar-refractivity contribution in [2.45, 2.75) is 64.0 Å². The van der Waals surface area contributed by atoms with Crippen molar-refractivity contribution in [3.63, 3.8) is 0 Å². The lowest BCUT2D eigenvalue weighted by Crippen LogP contribution is -2.45. The van der Waals surface area contributed by atoms with Gasteiger partial charge in [-0.1, -0.05) is 19.1 Å². The van der Waals surface area contributed by atoms with Crippen molar-refractivity contribution in [2.75, 3.05) is 0 Å². The lowest BCUT2D eigenvalue weighted by Gasteiger charge is -2.52. The van der Waals surface area contributed by atoms with Gasteiger partial charge in [0.2, 0.25) is 0 Å². The third kappa shape index (κ3) is 3.53. The monoisotopic (exact) mass is 404 g/mol. The number of aryl methyl sites for hydroxylation is 1. The summed E-state index contributed by atoms with van der Waals surface area (Å²) in [5.41, 5.74) is 1.28. The zero-order chi connectivity index (χ0) is 21.0. The Balaban J connectivity index is 1.68. The fraction of sp³-hybridized carbons (Fsp3) is 0.609. The molecule has 0 saturated heterocycles. The second kappa shape index (κ2) is 7.21. The fourth-order valence-electron chi connectivity index (χ4n) is 6.70. The average Bonchev–Trinajstić information content (AvgIpc) is 2.94. The topological polar surface area (TPSA) is 37.3 Å². The standard InChI is InChI=1S/C23H28BF3O2/c1-22-10-9-17-16-8-6-15(28)11-13(16)5-7-18(17)21(22)14(3-2-4-20(24)29)12-19(22)23(25,26)27/h6,8,11-12,14,17-18,21,28H,2-5,7,9-10,24H2,1H3/t14-,17-,18-,21+,22-/m1/s1. The van der Waals surface area contributed by atoms with E-state index in [1.54, 1.807) is 13.9 Å². The molecule has 1 saturated carbocycles. The van der Waals surface area contributed by atoms with Crippen LogP contribution in [0.4, 0.5) is 13.2 Å². The van der Waals surface area contributed by atoms with E-state index < -0.39 is 11.6 Å². The summed E-state index contributed by atoms with van der Waals surface area (Å²) in [6.07, 6.45) is 1.90. The summed E-state index contributed by atoms with van der Waals surface area (Å²) < 4.78 is 41.9. The van der Waals surface area contributed by atoms with E-state index in [0.717, 1.165) is 24.8 Å². The first-order chi connectivity index (χ1) is 13.6. The highest BCUT2D eigenvalue weighted by Crippen LogP contribution is 2.65. The van der Waals surface area contributed by atoms with Gasteiger partial charge in [-0.15, -0.1) is 0 Å². The van der Waals surface area contributed by atoms with E-state index in [-0.39, 0.29) is 40.7 Å². The highest BCUT2D eigenvalue weighted by molar-refractivity contribution is 6.57. The summed E-state index contributed by atoms with van der Waals surface area (Å²) in [4.78, 5) is 11.4. The Kier molecular flexibility index (Phi) is 5.11. The summed E-state index contributed by atoms with van der Waals surface area (Å²) in [5.74, 6) is 0.569. The van der Waals surface area contributed by atoms with Crippen molar-refractivity contribution >= 4 is 13.5 Å². The normalized spacial score (nSPS) is 33.4. The van der Waals surface area contributed by atoms with Crippen LogP contribution < -0.4 is 0 Å². The van der Waals surface area contributed by atoms with Gasteiger partial charge in [0.25, 0.3) is 0 Å². The van der Waals surface area contributed by atoms with Crippen LogP contribution in [0, 0.1) is 23.2 Å². The molecule has 6 heteroatoms. The van der Waals surface area contributed by atoms with Gasteiger partial charge in [-0.3, -0.25) is 0 Å². The highest BCUT2D eigenvalue weighted by Gasteiger charge is 2.60. The van der Waals surface area contributed by atoms with Gasteiger partial charge < -0.3 is 9.90 Å². The van der Waals surface area contributed by atoms with E-state index in [0.29, 0.717) is 25.7 Å². The van der Waals surface area contributed by atoms with Gasteiger partial charge in [-0.2, -0.15) is 13.2 Å². The Morgan fingerprint density at radius 3 is 2.76 bits per heavy atom. The number of aromatic hydroxyl groups is 1. The minimum Gasteiger partial charge on any atom is -0.508 e. The van der Waals surface area contributed by atoms with Crippen LogP contribution in [-0.2, 0) is 11.2 Å². The molecule has 0 aromatic heterocycles. The van der Waals surface area contributed by atoms with E-state index in [9.17, 15) is 23.1 Å². The fourth-order valence-corrected chi connectivity index (χ4v) is 6.70. The van der Waals surface area contributed by atoms with Crippen molar-refractivity contribution in [1.82, 2.24) is 0 Å². The van der Waals surface area contributed by atoms with Crippen LogP contribution in [0.3, 0.4) is 0 Å². The SMILES string of the molecule is BC(=O)CCC[C@@H]1C=C(C(F)(F)F)[C@@]2(C)CC[C@@H]3c4ccc(O)cc4CC[C@H]3[C@H]12. The van der Waals surface area contributed by atoms with E-state index >= 15 is 0 Å². The number of phenolic OH excluding ortho intramolecular Hbond substituents is 1. The number of hydrogen-bond donors (Lipinski definition) is 1. The number of carbonyl (C=O) groups excluding carboxylic acids is 1. The summed E-state index contributed by atoms with van der Waals surface area (Å²) in [6.45, 7) is 1.82. The molecule has 0 heterocycles. The lowest BCUT2D eigenvalue weighted by atomic mass is 9.52. The third-order valence-corrected chi connectivity index (χ3v) is 7.79. The Morgan fingerprint density at radius 1 is 1.31 bits per heavy atom. The number of benzene rings is 1. The second-order valence-electron chi connectivity index (χ2n) is 9.51. The summed E-state index contributed by atoms with van der Waals surface area (Å²) in [6, 6.07) is 5.49. The van der Waals surface area contributed by atoms with Crippen LogP contribution in [0.5, 0.6) is 5.75 Å². The van der Waals surface area contributed by atoms with Gasteiger partial charge in [0.15, 0.2) is 7.85 Å². The first kappa shape index (κ1) is 20.6. The van der Waals surface area contributed by atoms with Crippen molar-refractivity contribution in [1.29, 1.82) is 0 Å². The summed E-state index contributed by atoms with van der Waals surface area (Å²) >= 11 is 0. The maximum atomic E-state index is 14.0. The molecule has 5 atom stereocenters. The Hall–Kier alpha value is -1.72. The zero-order valence-corrected chi connectivity index (χ0v) is 17.1. The van der Waals surface area contributed by atoms with Crippen LogP contribution in [-0.4, -0.2) is 24.8 Å². The van der Waals surface area contributed by atoms with E-state index in [1.165, 1.54) is 11.6 Å². The second-order valence-corrected chi connectivity index (χ2v) is 9.51. The first-order valence-electron chi connectivity index (χ1n) is 10.7. The molecule has 1 N–H and O–H groups in total. The molecule has 3 aliphatic carbocycles. The number of allylic oxidation sites excluding steroid dienone is 2. The number of fused-ring (bicyclic) bond motifs is 5. The Morgan fingerprint density at radius 2 is 2.07 bits per heavy atom. The highest BCUT2D eigenvalue weighted by atomic mass is 19.4. The molecule has 0 amide bonds. The third-order valence-electron chi connectivity index (χ3n) is 7.79. The number of hydrogen-bond acceptors (Lipinski definition) is 2. The molecule has 1 aromatic carbocycles. The molecule has 0 radical (unpaired) electrons. The predicted octanol–water partition coefficient (Wildman–Crippen LogP) is 4.90. The lowest BCUT2D eigenvalue weighted by molar-refractivity contribution is -0.115. The van der Waals surface area contributed by atoms with E-state index in [1.807, 2.05) is 19.1 Å². The van der Waals surface area contributed by atoms with Gasteiger partial charge in [-0.25, -0.2) is 0 Å². The average molecular weight is 404 g/mol. The van der Waals surface area contributed by atoms with E-state index in [2.05, 4.69) is 0 Å². The number of rotatable bonds is 4. The minimum atomic E-state index is -4.30. The van der Waals surface area contributed by atoms with Crippen LogP contribution >= 0.6 is 0 Å². The summed E-state index contributed by atoms with van der Waals surface area (Å²) in [7, 11) is 1.54. The quantitative estimate of drug-likeness (QED) is 0.573. The minimum absolute atomic E-state index is 0.0354. The summed E-state index contributed by atoms with van der Waals surface area (Å²) in [5, 5.41) is 9.82. The van der Waals surface area contributed by atoms with Gasteiger partial charge in [0, 0.05) is 11.0 Å². The molecule has 29 heavy (non-hydrogen) atoms. The number of halogens is 3. The molecule has 156 valence electrons. The molecule has 4 rings (SSSR count). The number of carbonyl (C=O) groups is 1. The maximum absolute atomic E-state index is 14.0. The van der Waals surface area contributed by atoms with Gasteiger partial charge in [0.1, 0.15) is 5.75 Å². The first-order valence-corrected chi connectivity index (χ1v) is 10.7. The van der Waals surface area contributed by atoms with Crippen molar-refractivity contribution < 1.29 is 23.1 Å². The molecule has 0 aliphatic heterocycles. The smallest absolute Gasteiger partial charge is 0.412 e. The van der Waals surface area contributed by atoms with E-state index in [4.69, 9.17) is 0 Å². The molecule has 0 unspecified atom stereocenters. The largest absolute Gasteiger partial charge is 0.508 e. The molecule has 1 aromatic rings. The maximum Gasteiger partial charge on any atom is 0.412 e. The van der Waals surface area contributed by atoms with Crippen molar-refractivity contribution in [3.8, 4) is 5.75 Å². The predicted molar refractivity (Wildman–Crippen MR) is 109 cm³/mol. The number of alkyl halides is 3.